The highest BCUT2D eigenvalue weighted by Crippen LogP contribution is 2.09. The fourth-order valence-electron chi connectivity index (χ4n) is 1.65. The van der Waals surface area contributed by atoms with Crippen molar-refractivity contribution in [2.75, 3.05) is 0 Å². The molecule has 0 aliphatic carbocycles. The number of aryl methyl sites for hydroxylation is 1. The van der Waals surface area contributed by atoms with Crippen LogP contribution in [0, 0.1) is 6.92 Å². The van der Waals surface area contributed by atoms with Crippen LogP contribution >= 0.6 is 0 Å². The van der Waals surface area contributed by atoms with Crippen LogP contribution in [0.15, 0.2) is 47.4 Å². The fraction of sp³-hybridized carbons (Fsp3) is 0.143. The summed E-state index contributed by atoms with van der Waals surface area (Å²) in [6.07, 6.45) is 1.78. The number of carbonyl (C=O) groups is 1. The first-order valence-electron chi connectivity index (χ1n) is 5.38. The van der Waals surface area contributed by atoms with Gasteiger partial charge in [-0.25, -0.2) is 0 Å². The van der Waals surface area contributed by atoms with E-state index in [-0.39, 0.29) is 11.3 Å². The number of hydrogen-bond donors (Lipinski definition) is 0. The highest BCUT2D eigenvalue weighted by molar-refractivity contribution is 5.94. The van der Waals surface area contributed by atoms with Gasteiger partial charge in [0, 0.05) is 23.5 Å². The van der Waals surface area contributed by atoms with E-state index < -0.39 is 0 Å². The Bertz CT molecular complexity index is 609. The lowest BCUT2D eigenvalue weighted by Gasteiger charge is -2.06. The first-order chi connectivity index (χ1) is 8.08. The summed E-state index contributed by atoms with van der Waals surface area (Å²) in [6.45, 7) is 3.45. The van der Waals surface area contributed by atoms with Crippen molar-refractivity contribution in [2.45, 2.75) is 13.8 Å². The Labute approximate surface area is 99.3 Å². The van der Waals surface area contributed by atoms with Crippen molar-refractivity contribution in [3.63, 3.8) is 0 Å². The summed E-state index contributed by atoms with van der Waals surface area (Å²) >= 11 is 0. The second-order valence-corrected chi connectivity index (χ2v) is 4.02. The maximum Gasteiger partial charge on any atom is 0.255 e. The van der Waals surface area contributed by atoms with E-state index in [1.165, 1.54) is 13.0 Å². The van der Waals surface area contributed by atoms with Crippen LogP contribution in [0.1, 0.15) is 22.8 Å². The zero-order valence-corrected chi connectivity index (χ0v) is 9.81. The molecule has 0 N–H and O–H groups in total. The molecule has 3 nitrogen and oxygen atoms in total. The van der Waals surface area contributed by atoms with Gasteiger partial charge in [0.2, 0.25) is 0 Å². The molecule has 0 saturated heterocycles. The molecule has 0 fully saturated rings. The first kappa shape index (κ1) is 11.3. The van der Waals surface area contributed by atoms with Gasteiger partial charge >= 0.3 is 0 Å². The molecule has 3 heteroatoms. The standard InChI is InChI=1S/C14H13NO2/c1-10-3-8-14(17)15(9-10)13-6-4-12(5-7-13)11(2)16/h3-9H,1-2H3. The summed E-state index contributed by atoms with van der Waals surface area (Å²) in [4.78, 5) is 22.8. The fourth-order valence-corrected chi connectivity index (χ4v) is 1.65. The molecule has 0 spiro atoms. The van der Waals surface area contributed by atoms with E-state index in [1.54, 1.807) is 41.1 Å². The third-order valence-electron chi connectivity index (χ3n) is 2.61. The Morgan fingerprint density at radius 1 is 1.06 bits per heavy atom. The molecular weight excluding hydrogens is 214 g/mol. The second kappa shape index (κ2) is 4.37. The Hall–Kier alpha value is -2.16. The zero-order valence-electron chi connectivity index (χ0n) is 9.81. The maximum absolute atomic E-state index is 11.7. The van der Waals surface area contributed by atoms with E-state index in [2.05, 4.69) is 0 Å². The molecule has 0 unspecified atom stereocenters. The molecule has 0 saturated carbocycles. The van der Waals surface area contributed by atoms with Crippen LogP contribution in [0.3, 0.4) is 0 Å². The van der Waals surface area contributed by atoms with Crippen LogP contribution in [0.5, 0.6) is 0 Å². The van der Waals surface area contributed by atoms with Crippen LogP contribution < -0.4 is 5.56 Å². The molecule has 1 aromatic carbocycles. The smallest absolute Gasteiger partial charge is 0.255 e. The van der Waals surface area contributed by atoms with Gasteiger partial charge in [-0.05, 0) is 43.7 Å². The minimum absolute atomic E-state index is 0.0214. The van der Waals surface area contributed by atoms with Crippen molar-refractivity contribution in [2.24, 2.45) is 0 Å². The summed E-state index contributed by atoms with van der Waals surface area (Å²) in [6, 6.07) is 10.3. The van der Waals surface area contributed by atoms with Gasteiger partial charge in [-0.1, -0.05) is 6.07 Å². The van der Waals surface area contributed by atoms with E-state index in [0.29, 0.717) is 5.56 Å². The van der Waals surface area contributed by atoms with E-state index >= 15 is 0 Å². The number of aromatic nitrogens is 1. The SMILES string of the molecule is CC(=O)c1ccc(-n2cc(C)ccc2=O)cc1. The van der Waals surface area contributed by atoms with E-state index in [4.69, 9.17) is 0 Å². The van der Waals surface area contributed by atoms with Gasteiger partial charge in [0.25, 0.3) is 5.56 Å². The molecule has 0 bridgehead atoms. The summed E-state index contributed by atoms with van der Waals surface area (Å²) in [5.74, 6) is 0.0214. The number of hydrogen-bond acceptors (Lipinski definition) is 2. The molecule has 0 aliphatic rings. The van der Waals surface area contributed by atoms with Crippen LogP contribution in [-0.4, -0.2) is 10.4 Å². The minimum Gasteiger partial charge on any atom is -0.295 e. The number of pyridine rings is 1. The molecule has 86 valence electrons. The molecular formula is C14H13NO2. The van der Waals surface area contributed by atoms with Gasteiger partial charge in [0.1, 0.15) is 0 Å². The third kappa shape index (κ3) is 2.33. The zero-order chi connectivity index (χ0) is 12.4. The number of nitrogens with zero attached hydrogens (tertiary/aromatic N) is 1. The minimum atomic E-state index is -0.0776. The van der Waals surface area contributed by atoms with Gasteiger partial charge in [-0.2, -0.15) is 0 Å². The average molecular weight is 227 g/mol. The van der Waals surface area contributed by atoms with E-state index in [0.717, 1.165) is 11.3 Å². The second-order valence-electron chi connectivity index (χ2n) is 4.02. The molecule has 0 radical (unpaired) electrons. The number of Topliss-reactive ketones (excluding diaryl/α,β-unsaturated/α-hetero) is 1. The molecule has 0 aliphatic heterocycles. The molecule has 2 aromatic rings. The van der Waals surface area contributed by atoms with Gasteiger partial charge < -0.3 is 0 Å². The number of ketones is 1. The lowest BCUT2D eigenvalue weighted by atomic mass is 10.1. The topological polar surface area (TPSA) is 39.1 Å². The molecule has 1 heterocycles. The Balaban J connectivity index is 2.50. The maximum atomic E-state index is 11.7. The lowest BCUT2D eigenvalue weighted by Crippen LogP contribution is -2.16. The van der Waals surface area contributed by atoms with Crippen LogP contribution in [0.4, 0.5) is 0 Å². The van der Waals surface area contributed by atoms with E-state index in [9.17, 15) is 9.59 Å². The van der Waals surface area contributed by atoms with Gasteiger partial charge in [0.15, 0.2) is 5.78 Å². The first-order valence-corrected chi connectivity index (χ1v) is 5.38. The predicted octanol–water partition coefficient (Wildman–Crippen LogP) is 2.35. The lowest BCUT2D eigenvalue weighted by molar-refractivity contribution is 0.101. The molecule has 0 amide bonds. The van der Waals surface area contributed by atoms with Crippen LogP contribution in [-0.2, 0) is 0 Å². The van der Waals surface area contributed by atoms with Gasteiger partial charge in [-0.3, -0.25) is 14.2 Å². The van der Waals surface area contributed by atoms with Crippen molar-refractivity contribution in [1.29, 1.82) is 0 Å². The van der Waals surface area contributed by atoms with Crippen LogP contribution in [0.25, 0.3) is 5.69 Å². The number of carbonyl (C=O) groups excluding carboxylic acids is 1. The van der Waals surface area contributed by atoms with Crippen molar-refractivity contribution in [3.05, 3.63) is 64.1 Å². The Morgan fingerprint density at radius 2 is 1.71 bits per heavy atom. The van der Waals surface area contributed by atoms with Crippen molar-refractivity contribution in [3.8, 4) is 5.69 Å². The van der Waals surface area contributed by atoms with Crippen molar-refractivity contribution >= 4 is 5.78 Å². The average Bonchev–Trinajstić information content (AvgIpc) is 2.32. The van der Waals surface area contributed by atoms with Gasteiger partial charge in [-0.15, -0.1) is 0 Å². The molecule has 0 atom stereocenters. The van der Waals surface area contributed by atoms with Crippen LogP contribution in [0.2, 0.25) is 0 Å². The molecule has 17 heavy (non-hydrogen) atoms. The normalized spacial score (nSPS) is 10.2. The van der Waals surface area contributed by atoms with Crippen molar-refractivity contribution in [1.82, 2.24) is 4.57 Å². The summed E-state index contributed by atoms with van der Waals surface area (Å²) in [5, 5.41) is 0. The predicted molar refractivity (Wildman–Crippen MR) is 66.8 cm³/mol. The number of rotatable bonds is 2. The summed E-state index contributed by atoms with van der Waals surface area (Å²) < 4.78 is 1.57. The Morgan fingerprint density at radius 3 is 2.29 bits per heavy atom. The third-order valence-corrected chi connectivity index (χ3v) is 2.61. The van der Waals surface area contributed by atoms with E-state index in [1.807, 2.05) is 6.92 Å². The monoisotopic (exact) mass is 227 g/mol. The molecule has 1 aromatic heterocycles. The van der Waals surface area contributed by atoms with Crippen molar-refractivity contribution < 1.29 is 4.79 Å². The quantitative estimate of drug-likeness (QED) is 0.739. The van der Waals surface area contributed by atoms with Gasteiger partial charge in [0.05, 0.1) is 0 Å². The number of benzene rings is 1. The Kier molecular flexibility index (Phi) is 2.91. The highest BCUT2D eigenvalue weighted by atomic mass is 16.1. The largest absolute Gasteiger partial charge is 0.295 e. The summed E-state index contributed by atoms with van der Waals surface area (Å²) in [5.41, 5.74) is 2.35. The highest BCUT2D eigenvalue weighted by Gasteiger charge is 2.02. The summed E-state index contributed by atoms with van der Waals surface area (Å²) in [7, 11) is 0. The molecule has 2 rings (SSSR count).